The van der Waals surface area contributed by atoms with E-state index in [1.54, 1.807) is 13.8 Å². The molecule has 5 nitrogen and oxygen atoms in total. The third-order valence-corrected chi connectivity index (χ3v) is 3.60. The van der Waals surface area contributed by atoms with Crippen LogP contribution in [0.2, 0.25) is 5.02 Å². The summed E-state index contributed by atoms with van der Waals surface area (Å²) < 4.78 is 10.1. The van der Waals surface area contributed by atoms with Crippen molar-refractivity contribution in [2.45, 2.75) is 13.8 Å². The summed E-state index contributed by atoms with van der Waals surface area (Å²) >= 11 is 9.06. The predicted octanol–water partition coefficient (Wildman–Crippen LogP) is 3.50. The zero-order valence-corrected chi connectivity index (χ0v) is 13.8. The summed E-state index contributed by atoms with van der Waals surface area (Å²) in [6.45, 7) is 3.33. The van der Waals surface area contributed by atoms with Crippen LogP contribution in [0.5, 0.6) is 0 Å². The van der Waals surface area contributed by atoms with Gasteiger partial charge in [-0.15, -0.1) is 0 Å². The third-order valence-electron chi connectivity index (χ3n) is 2.39. The van der Waals surface area contributed by atoms with Crippen LogP contribution >= 0.6 is 27.5 Å². The number of aliphatic hydroxyl groups excluding tert-OH is 1. The van der Waals surface area contributed by atoms with Gasteiger partial charge < -0.3 is 14.6 Å². The Labute approximate surface area is 135 Å². The summed E-state index contributed by atoms with van der Waals surface area (Å²) in [5.41, 5.74) is -0.310. The van der Waals surface area contributed by atoms with E-state index in [-0.39, 0.29) is 18.8 Å². The molecule has 0 bridgehead atoms. The first-order valence-electron chi connectivity index (χ1n) is 6.15. The van der Waals surface area contributed by atoms with Crippen LogP contribution in [0.3, 0.4) is 0 Å². The molecule has 0 fully saturated rings. The summed E-state index contributed by atoms with van der Waals surface area (Å²) in [7, 11) is 0. The molecule has 1 aromatic rings. The van der Waals surface area contributed by atoms with Crippen LogP contribution in [-0.2, 0) is 19.1 Å². The summed E-state index contributed by atoms with van der Waals surface area (Å²) in [6.07, 6.45) is 0. The molecule has 114 valence electrons. The van der Waals surface area contributed by atoms with Crippen LogP contribution in [0.15, 0.2) is 28.2 Å². The molecule has 1 aromatic carbocycles. The number of hydrogen-bond acceptors (Lipinski definition) is 5. The fourth-order valence-corrected chi connectivity index (χ4v) is 1.97. The van der Waals surface area contributed by atoms with Gasteiger partial charge in [0.1, 0.15) is 5.76 Å². The van der Waals surface area contributed by atoms with Gasteiger partial charge in [-0.3, -0.25) is 0 Å². The Balaban J connectivity index is 3.33. The second-order valence-corrected chi connectivity index (χ2v) is 5.05. The first-order chi connectivity index (χ1) is 9.92. The van der Waals surface area contributed by atoms with Gasteiger partial charge in [0.15, 0.2) is 5.57 Å². The molecule has 0 aliphatic carbocycles. The average Bonchev–Trinajstić information content (AvgIpc) is 2.42. The highest BCUT2D eigenvalue weighted by Crippen LogP contribution is 2.27. The van der Waals surface area contributed by atoms with Crippen molar-refractivity contribution >= 4 is 45.2 Å². The molecule has 0 aromatic heterocycles. The van der Waals surface area contributed by atoms with Crippen molar-refractivity contribution in [1.29, 1.82) is 0 Å². The maximum absolute atomic E-state index is 11.8. The smallest absolute Gasteiger partial charge is 0.349 e. The van der Waals surface area contributed by atoms with Crippen molar-refractivity contribution in [3.05, 3.63) is 38.8 Å². The van der Waals surface area contributed by atoms with Gasteiger partial charge >= 0.3 is 11.9 Å². The van der Waals surface area contributed by atoms with Gasteiger partial charge in [-0.05, 0) is 48.0 Å². The highest BCUT2D eigenvalue weighted by Gasteiger charge is 2.27. The fraction of sp³-hybridized carbons (Fsp3) is 0.286. The number of carbonyl (C=O) groups is 2. The zero-order chi connectivity index (χ0) is 16.0. The highest BCUT2D eigenvalue weighted by atomic mass is 79.9. The Bertz CT molecular complexity index is 563. The van der Waals surface area contributed by atoms with E-state index in [2.05, 4.69) is 15.9 Å². The molecule has 21 heavy (non-hydrogen) atoms. The van der Waals surface area contributed by atoms with Gasteiger partial charge in [0, 0.05) is 10.0 Å². The molecule has 0 spiro atoms. The van der Waals surface area contributed by atoms with E-state index < -0.39 is 23.3 Å². The maximum atomic E-state index is 11.8. The lowest BCUT2D eigenvalue weighted by atomic mass is 10.1. The minimum atomic E-state index is -0.945. The molecule has 0 unspecified atom stereocenters. The minimum Gasteiger partial charge on any atom is -0.506 e. The summed E-state index contributed by atoms with van der Waals surface area (Å²) in [6, 6.07) is 4.47. The van der Waals surface area contributed by atoms with Gasteiger partial charge in [-0.2, -0.15) is 0 Å². The summed E-state index contributed by atoms with van der Waals surface area (Å²) in [4.78, 5) is 23.7. The van der Waals surface area contributed by atoms with Crippen LogP contribution in [0.25, 0.3) is 5.76 Å². The van der Waals surface area contributed by atoms with E-state index in [1.165, 1.54) is 18.2 Å². The van der Waals surface area contributed by atoms with Crippen molar-refractivity contribution in [2.75, 3.05) is 13.2 Å². The molecule has 1 N–H and O–H groups in total. The van der Waals surface area contributed by atoms with E-state index in [0.29, 0.717) is 9.50 Å². The molecule has 0 radical (unpaired) electrons. The van der Waals surface area contributed by atoms with E-state index in [1.807, 2.05) is 0 Å². The number of carbonyl (C=O) groups excluding carboxylic acids is 2. The first-order valence-corrected chi connectivity index (χ1v) is 7.32. The van der Waals surface area contributed by atoms with E-state index in [0.717, 1.165) is 0 Å². The largest absolute Gasteiger partial charge is 0.506 e. The quantitative estimate of drug-likeness (QED) is 0.279. The lowest BCUT2D eigenvalue weighted by Gasteiger charge is -2.10. The Morgan fingerprint density at radius 3 is 2.14 bits per heavy atom. The predicted molar refractivity (Wildman–Crippen MR) is 82.0 cm³/mol. The summed E-state index contributed by atoms with van der Waals surface area (Å²) in [5, 5.41) is 10.6. The second kappa shape index (κ2) is 8.05. The number of rotatable bonds is 5. The maximum Gasteiger partial charge on any atom is 0.349 e. The fourth-order valence-electron chi connectivity index (χ4n) is 1.47. The second-order valence-electron chi connectivity index (χ2n) is 3.79. The molecule has 1 rings (SSSR count). The monoisotopic (exact) mass is 376 g/mol. The Morgan fingerprint density at radius 2 is 1.71 bits per heavy atom. The number of aliphatic hydroxyl groups is 1. The van der Waals surface area contributed by atoms with Gasteiger partial charge in [0.05, 0.1) is 18.2 Å². The number of hydrogen-bond donors (Lipinski definition) is 1. The van der Waals surface area contributed by atoms with Crippen molar-refractivity contribution in [3.63, 3.8) is 0 Å². The first kappa shape index (κ1) is 17.5. The van der Waals surface area contributed by atoms with Crippen molar-refractivity contribution < 1.29 is 24.2 Å². The minimum absolute atomic E-state index is 0.0688. The van der Waals surface area contributed by atoms with E-state index in [4.69, 9.17) is 21.1 Å². The number of benzene rings is 1. The standard InChI is InChI=1S/C14H14BrClO5/c1-3-20-13(18)11(14(19)21-4-2)12(17)8-5-6-10(16)9(15)7-8/h5-7,17H,3-4H2,1-2H3. The topological polar surface area (TPSA) is 72.8 Å². The Morgan fingerprint density at radius 1 is 1.19 bits per heavy atom. The van der Waals surface area contributed by atoms with Crippen LogP contribution in [0, 0.1) is 0 Å². The number of halogens is 2. The lowest BCUT2D eigenvalue weighted by molar-refractivity contribution is -0.146. The average molecular weight is 378 g/mol. The molecular formula is C14H14BrClO5. The molecule has 0 amide bonds. The van der Waals surface area contributed by atoms with Crippen LogP contribution in [0.4, 0.5) is 0 Å². The Kier molecular flexibility index (Phi) is 6.71. The SMILES string of the molecule is CCOC(=O)C(C(=O)OCC)=C(O)c1ccc(Cl)c(Br)c1. The van der Waals surface area contributed by atoms with Gasteiger partial charge in [-0.25, -0.2) is 9.59 Å². The van der Waals surface area contributed by atoms with Crippen molar-refractivity contribution in [2.24, 2.45) is 0 Å². The van der Waals surface area contributed by atoms with Crippen LogP contribution < -0.4 is 0 Å². The lowest BCUT2D eigenvalue weighted by Crippen LogP contribution is -2.20. The molecule has 7 heteroatoms. The molecule has 0 heterocycles. The number of esters is 2. The summed E-state index contributed by atoms with van der Waals surface area (Å²) in [5.74, 6) is -2.41. The molecule has 0 saturated heterocycles. The van der Waals surface area contributed by atoms with Gasteiger partial charge in [0.2, 0.25) is 0 Å². The van der Waals surface area contributed by atoms with Gasteiger partial charge in [0.25, 0.3) is 0 Å². The van der Waals surface area contributed by atoms with E-state index in [9.17, 15) is 14.7 Å². The molecule has 0 atom stereocenters. The third kappa shape index (κ3) is 4.47. The Hall–Kier alpha value is -1.53. The molecule has 0 saturated carbocycles. The van der Waals surface area contributed by atoms with Crippen molar-refractivity contribution in [3.8, 4) is 0 Å². The number of ether oxygens (including phenoxy) is 2. The normalized spacial score (nSPS) is 9.90. The molecular weight excluding hydrogens is 364 g/mol. The molecule has 0 aliphatic rings. The van der Waals surface area contributed by atoms with Crippen molar-refractivity contribution in [1.82, 2.24) is 0 Å². The highest BCUT2D eigenvalue weighted by molar-refractivity contribution is 9.10. The zero-order valence-electron chi connectivity index (χ0n) is 11.5. The van der Waals surface area contributed by atoms with Gasteiger partial charge in [-0.1, -0.05) is 11.6 Å². The van der Waals surface area contributed by atoms with Crippen LogP contribution in [-0.4, -0.2) is 30.3 Å². The molecule has 0 aliphatic heterocycles. The van der Waals surface area contributed by atoms with Crippen LogP contribution in [0.1, 0.15) is 19.4 Å². The van der Waals surface area contributed by atoms with E-state index >= 15 is 0 Å².